The van der Waals surface area contributed by atoms with Gasteiger partial charge in [-0.3, -0.25) is 19.8 Å². The van der Waals surface area contributed by atoms with Crippen LogP contribution in [0.3, 0.4) is 0 Å². The van der Waals surface area contributed by atoms with Crippen LogP contribution in [0.4, 0.5) is 5.69 Å². The predicted octanol–water partition coefficient (Wildman–Crippen LogP) is 4.95. The van der Waals surface area contributed by atoms with Crippen LogP contribution in [-0.4, -0.2) is 42.0 Å². The van der Waals surface area contributed by atoms with Crippen LogP contribution < -0.4 is 14.8 Å². The lowest BCUT2D eigenvalue weighted by molar-refractivity contribution is -0.534. The first-order valence-corrected chi connectivity index (χ1v) is 12.5. The quantitative estimate of drug-likeness (QED) is 0.330. The fourth-order valence-corrected chi connectivity index (χ4v) is 5.73. The second-order valence-corrected chi connectivity index (χ2v) is 9.95. The Kier molecular flexibility index (Phi) is 6.44. The first-order chi connectivity index (χ1) is 17.4. The van der Waals surface area contributed by atoms with Crippen molar-refractivity contribution in [3.8, 4) is 11.5 Å². The number of amides is 1. The number of nitrogens with zero attached hydrogens (tertiary/aromatic N) is 2. The van der Waals surface area contributed by atoms with E-state index in [0.717, 1.165) is 15.6 Å². The van der Waals surface area contributed by atoms with Crippen molar-refractivity contribution in [2.75, 3.05) is 25.5 Å². The molecular formula is C27H26BrN3O5. The third-order valence-electron chi connectivity index (χ3n) is 7.04. The van der Waals surface area contributed by atoms with E-state index in [2.05, 4.69) is 21.2 Å². The summed E-state index contributed by atoms with van der Waals surface area (Å²) in [5, 5.41) is 15.4. The number of likely N-dealkylation sites (tertiary alicyclic amines) is 1. The molecule has 1 saturated heterocycles. The van der Waals surface area contributed by atoms with E-state index in [9.17, 15) is 14.9 Å². The third-order valence-corrected chi connectivity index (χ3v) is 7.57. The zero-order valence-electron chi connectivity index (χ0n) is 19.9. The minimum Gasteiger partial charge on any atom is -0.490 e. The molecule has 2 heterocycles. The molecule has 0 saturated carbocycles. The van der Waals surface area contributed by atoms with Gasteiger partial charge in [0.15, 0.2) is 17.0 Å². The molecule has 9 heteroatoms. The van der Waals surface area contributed by atoms with Crippen molar-refractivity contribution >= 4 is 27.5 Å². The van der Waals surface area contributed by atoms with Crippen LogP contribution in [0.25, 0.3) is 0 Å². The average Bonchev–Trinajstić information content (AvgIpc) is 3.34. The largest absolute Gasteiger partial charge is 0.490 e. The van der Waals surface area contributed by atoms with Crippen molar-refractivity contribution in [3.63, 3.8) is 0 Å². The highest BCUT2D eigenvalue weighted by Crippen LogP contribution is 2.52. The number of anilines is 1. The normalized spacial score (nSPS) is 22.9. The first kappa shape index (κ1) is 24.3. The summed E-state index contributed by atoms with van der Waals surface area (Å²) in [7, 11) is 1.78. The molecule has 3 aromatic carbocycles. The van der Waals surface area contributed by atoms with Gasteiger partial charge in [0, 0.05) is 27.2 Å². The smallest absolute Gasteiger partial charge is 0.256 e. The number of nitrogens with one attached hydrogen (secondary N) is 1. The number of nitro groups is 1. The molecule has 36 heavy (non-hydrogen) atoms. The number of ether oxygens (including phenoxy) is 2. The number of rotatable bonds is 7. The highest BCUT2D eigenvalue weighted by molar-refractivity contribution is 9.10. The number of para-hydroxylation sites is 1. The summed E-state index contributed by atoms with van der Waals surface area (Å²) in [6.45, 7) is 3.00. The Morgan fingerprint density at radius 2 is 1.86 bits per heavy atom. The van der Waals surface area contributed by atoms with Crippen molar-refractivity contribution in [3.05, 3.63) is 98.0 Å². The second kappa shape index (κ2) is 9.55. The summed E-state index contributed by atoms with van der Waals surface area (Å²) >= 11 is 3.43. The molecule has 3 aromatic rings. The molecule has 1 N–H and O–H groups in total. The number of benzene rings is 3. The van der Waals surface area contributed by atoms with E-state index in [-0.39, 0.29) is 10.8 Å². The maximum atomic E-state index is 13.3. The van der Waals surface area contributed by atoms with Gasteiger partial charge in [-0.2, -0.15) is 0 Å². The Hall–Kier alpha value is -3.43. The van der Waals surface area contributed by atoms with Gasteiger partial charge in [0.2, 0.25) is 0 Å². The standard InChI is InChI=1S/C27H26BrN3O5/c1-3-35-24-14-18(10-13-23(24)36-16-17-8-11-19(28)12-9-17)20-15-30(2)27(25(20)31(33)34)21-6-4-5-7-22(21)29-26(27)32/h4-14,20,25H,3,15-16H2,1-2H3,(H,29,32)/t20-,25+,27-/m0/s1. The first-order valence-electron chi connectivity index (χ1n) is 11.8. The van der Waals surface area contributed by atoms with Gasteiger partial charge < -0.3 is 14.8 Å². The Labute approximate surface area is 217 Å². The van der Waals surface area contributed by atoms with E-state index in [4.69, 9.17) is 9.47 Å². The maximum absolute atomic E-state index is 13.3. The average molecular weight is 552 g/mol. The van der Waals surface area contributed by atoms with Gasteiger partial charge in [-0.15, -0.1) is 0 Å². The van der Waals surface area contributed by atoms with E-state index in [1.54, 1.807) is 25.2 Å². The number of hydrogen-bond donors (Lipinski definition) is 1. The summed E-state index contributed by atoms with van der Waals surface area (Å²) in [5.41, 5.74) is 1.61. The fraction of sp³-hybridized carbons (Fsp3) is 0.296. The molecule has 1 fully saturated rings. The summed E-state index contributed by atoms with van der Waals surface area (Å²) in [4.78, 5) is 27.4. The van der Waals surface area contributed by atoms with E-state index in [1.807, 2.05) is 60.4 Å². The minimum atomic E-state index is -1.38. The van der Waals surface area contributed by atoms with Gasteiger partial charge in [0.05, 0.1) is 12.5 Å². The number of carbonyl (C=O) groups is 1. The van der Waals surface area contributed by atoms with Gasteiger partial charge >= 0.3 is 0 Å². The van der Waals surface area contributed by atoms with Crippen molar-refractivity contribution in [1.29, 1.82) is 0 Å². The Balaban J connectivity index is 1.49. The van der Waals surface area contributed by atoms with E-state index in [1.165, 1.54) is 0 Å². The van der Waals surface area contributed by atoms with Crippen LogP contribution in [0.15, 0.2) is 71.2 Å². The van der Waals surface area contributed by atoms with E-state index >= 15 is 0 Å². The molecule has 2 aliphatic heterocycles. The Bertz CT molecular complexity index is 1320. The highest BCUT2D eigenvalue weighted by atomic mass is 79.9. The van der Waals surface area contributed by atoms with Gasteiger partial charge in [0.25, 0.3) is 11.9 Å². The molecule has 0 bridgehead atoms. The number of likely N-dealkylation sites (N-methyl/N-ethyl adjacent to an activating group) is 1. The lowest BCUT2D eigenvalue weighted by Gasteiger charge is -2.30. The minimum absolute atomic E-state index is 0.311. The number of hydrogen-bond acceptors (Lipinski definition) is 6. The van der Waals surface area contributed by atoms with Crippen molar-refractivity contribution in [2.24, 2.45) is 0 Å². The highest BCUT2D eigenvalue weighted by Gasteiger charge is 2.68. The van der Waals surface area contributed by atoms with Crippen LogP contribution in [0.2, 0.25) is 0 Å². The molecule has 0 aliphatic carbocycles. The van der Waals surface area contributed by atoms with Crippen molar-refractivity contribution < 1.29 is 19.2 Å². The predicted molar refractivity (Wildman–Crippen MR) is 139 cm³/mol. The Morgan fingerprint density at radius 3 is 2.58 bits per heavy atom. The summed E-state index contributed by atoms with van der Waals surface area (Å²) in [6, 6.07) is 19.3. The lowest BCUT2D eigenvalue weighted by Crippen LogP contribution is -2.54. The molecule has 3 atom stereocenters. The van der Waals surface area contributed by atoms with Gasteiger partial charge in [-0.1, -0.05) is 52.3 Å². The second-order valence-electron chi connectivity index (χ2n) is 9.04. The zero-order valence-corrected chi connectivity index (χ0v) is 21.5. The molecular weight excluding hydrogens is 526 g/mol. The molecule has 0 aromatic heterocycles. The number of fused-ring (bicyclic) bond motifs is 2. The SMILES string of the molecule is CCOc1cc([C@@H]2CN(C)[C@]3(C(=O)Nc4ccccc43)[C@@H]2[N+](=O)[O-])ccc1OCc1ccc(Br)cc1. The van der Waals surface area contributed by atoms with Gasteiger partial charge in [-0.05, 0) is 55.4 Å². The van der Waals surface area contributed by atoms with Crippen LogP contribution >= 0.6 is 15.9 Å². The molecule has 0 unspecified atom stereocenters. The topological polar surface area (TPSA) is 93.9 Å². The third kappa shape index (κ3) is 3.92. The number of halogens is 1. The molecule has 1 amide bonds. The Morgan fingerprint density at radius 1 is 1.11 bits per heavy atom. The van der Waals surface area contributed by atoms with E-state index in [0.29, 0.717) is 42.5 Å². The van der Waals surface area contributed by atoms with Crippen LogP contribution in [0.5, 0.6) is 11.5 Å². The molecule has 2 aliphatic rings. The molecule has 8 nitrogen and oxygen atoms in total. The van der Waals surface area contributed by atoms with Crippen molar-refractivity contribution in [2.45, 2.75) is 31.0 Å². The lowest BCUT2D eigenvalue weighted by atomic mass is 9.79. The number of carbonyl (C=O) groups excluding carboxylic acids is 1. The molecule has 5 rings (SSSR count). The molecule has 1 spiro atoms. The molecule has 0 radical (unpaired) electrons. The summed E-state index contributed by atoms with van der Waals surface area (Å²) < 4.78 is 12.9. The monoisotopic (exact) mass is 551 g/mol. The van der Waals surface area contributed by atoms with Crippen molar-refractivity contribution in [1.82, 2.24) is 4.90 Å². The summed E-state index contributed by atoms with van der Waals surface area (Å²) in [5.74, 6) is 0.191. The molecule has 186 valence electrons. The van der Waals surface area contributed by atoms with Crippen LogP contribution in [0, 0.1) is 10.1 Å². The van der Waals surface area contributed by atoms with Crippen LogP contribution in [0.1, 0.15) is 29.5 Å². The van der Waals surface area contributed by atoms with Crippen LogP contribution in [-0.2, 0) is 16.9 Å². The van der Waals surface area contributed by atoms with E-state index < -0.39 is 17.5 Å². The summed E-state index contributed by atoms with van der Waals surface area (Å²) in [6.07, 6.45) is 0. The maximum Gasteiger partial charge on any atom is 0.256 e. The van der Waals surface area contributed by atoms with Gasteiger partial charge in [0.1, 0.15) is 6.61 Å². The zero-order chi connectivity index (χ0) is 25.4. The fourth-order valence-electron chi connectivity index (χ4n) is 5.46. The van der Waals surface area contributed by atoms with Gasteiger partial charge in [-0.25, -0.2) is 0 Å².